The summed E-state index contributed by atoms with van der Waals surface area (Å²) in [5.41, 5.74) is 0. The maximum absolute atomic E-state index is 12.0. The molecule has 1 heterocycles. The lowest BCUT2D eigenvalue weighted by Gasteiger charge is -2.21. The number of hydrogen-bond acceptors (Lipinski definition) is 4. The Bertz CT molecular complexity index is 425. The summed E-state index contributed by atoms with van der Waals surface area (Å²) in [4.78, 5) is 0.415. The highest BCUT2D eigenvalue weighted by Crippen LogP contribution is 2.31. The molecule has 1 aromatic carbocycles. The van der Waals surface area contributed by atoms with Gasteiger partial charge in [0, 0.05) is 5.25 Å². The number of benzene rings is 1. The van der Waals surface area contributed by atoms with E-state index in [-0.39, 0.29) is 5.25 Å². The molecular weight excluding hydrogens is 242 g/mol. The smallest absolute Gasteiger partial charge is 0.230 e. The Morgan fingerprint density at radius 2 is 1.75 bits per heavy atom. The standard InChI is InChI=1S/C11H15NO2S2/c13-16(14,11-4-2-1-3-5-11)15-10-6-8-12-9-7-10/h1-5,10,12H,6-9H2. The Morgan fingerprint density at radius 1 is 1.12 bits per heavy atom. The second kappa shape index (κ2) is 5.21. The van der Waals surface area contributed by atoms with Crippen LogP contribution in [0.5, 0.6) is 0 Å². The molecule has 0 aromatic heterocycles. The zero-order chi connectivity index (χ0) is 11.4. The zero-order valence-electron chi connectivity index (χ0n) is 8.93. The van der Waals surface area contributed by atoms with Gasteiger partial charge in [0.1, 0.15) is 0 Å². The van der Waals surface area contributed by atoms with Crippen LogP contribution >= 0.6 is 10.8 Å². The molecule has 0 unspecified atom stereocenters. The third-order valence-corrected chi connectivity index (χ3v) is 6.58. The molecule has 2 rings (SSSR count). The van der Waals surface area contributed by atoms with Crippen molar-refractivity contribution in [1.82, 2.24) is 5.32 Å². The quantitative estimate of drug-likeness (QED) is 0.840. The van der Waals surface area contributed by atoms with Crippen LogP contribution in [0.15, 0.2) is 35.2 Å². The number of nitrogens with one attached hydrogen (secondary N) is 1. The average Bonchev–Trinajstić information content (AvgIpc) is 2.31. The predicted molar refractivity (Wildman–Crippen MR) is 67.1 cm³/mol. The summed E-state index contributed by atoms with van der Waals surface area (Å²) in [6.07, 6.45) is 1.85. The molecule has 88 valence electrons. The molecule has 16 heavy (non-hydrogen) atoms. The van der Waals surface area contributed by atoms with E-state index in [1.807, 2.05) is 6.07 Å². The molecule has 1 N–H and O–H groups in total. The SMILES string of the molecule is O=S(=O)(SC1CCNCC1)c1ccccc1. The fourth-order valence-electron chi connectivity index (χ4n) is 1.71. The Balaban J connectivity index is 2.08. The molecule has 1 aromatic rings. The van der Waals surface area contributed by atoms with Gasteiger partial charge in [0.15, 0.2) is 0 Å². The van der Waals surface area contributed by atoms with E-state index >= 15 is 0 Å². The van der Waals surface area contributed by atoms with Crippen LogP contribution in [0.4, 0.5) is 0 Å². The highest BCUT2D eigenvalue weighted by Gasteiger charge is 2.23. The normalized spacial score (nSPS) is 18.5. The number of hydrogen-bond donors (Lipinski definition) is 1. The van der Waals surface area contributed by atoms with E-state index in [0.29, 0.717) is 4.90 Å². The first kappa shape index (κ1) is 12.0. The topological polar surface area (TPSA) is 46.2 Å². The summed E-state index contributed by atoms with van der Waals surface area (Å²) in [6, 6.07) is 8.66. The minimum absolute atomic E-state index is 0.228. The first-order valence-corrected chi connectivity index (χ1v) is 8.25. The molecule has 1 aliphatic rings. The van der Waals surface area contributed by atoms with Crippen LogP contribution in [0.2, 0.25) is 0 Å². The first-order chi connectivity index (χ1) is 7.68. The van der Waals surface area contributed by atoms with Crippen molar-refractivity contribution < 1.29 is 8.42 Å². The van der Waals surface area contributed by atoms with E-state index in [1.54, 1.807) is 24.3 Å². The van der Waals surface area contributed by atoms with Crippen molar-refractivity contribution in [3.8, 4) is 0 Å². The lowest BCUT2D eigenvalue weighted by atomic mass is 10.2. The molecule has 3 nitrogen and oxygen atoms in total. The van der Waals surface area contributed by atoms with E-state index < -0.39 is 8.87 Å². The van der Waals surface area contributed by atoms with Crippen molar-refractivity contribution >= 4 is 19.7 Å². The highest BCUT2D eigenvalue weighted by molar-refractivity contribution is 8.72. The summed E-state index contributed by atoms with van der Waals surface area (Å²) in [5, 5.41) is 3.46. The monoisotopic (exact) mass is 257 g/mol. The number of rotatable bonds is 3. The Labute approximate surface area is 99.9 Å². The van der Waals surface area contributed by atoms with Crippen LogP contribution in [-0.2, 0) is 8.87 Å². The van der Waals surface area contributed by atoms with Crippen molar-refractivity contribution in [2.75, 3.05) is 13.1 Å². The Hall–Kier alpha value is -0.520. The second-order valence-corrected chi connectivity index (χ2v) is 7.95. The molecule has 0 atom stereocenters. The Kier molecular flexibility index (Phi) is 3.89. The molecule has 1 fully saturated rings. The van der Waals surface area contributed by atoms with Crippen LogP contribution in [0.25, 0.3) is 0 Å². The van der Waals surface area contributed by atoms with Gasteiger partial charge in [-0.05, 0) is 48.9 Å². The zero-order valence-corrected chi connectivity index (χ0v) is 10.6. The second-order valence-electron chi connectivity index (χ2n) is 3.81. The molecule has 0 radical (unpaired) electrons. The van der Waals surface area contributed by atoms with E-state index in [4.69, 9.17) is 0 Å². The van der Waals surface area contributed by atoms with Crippen LogP contribution in [-0.4, -0.2) is 26.8 Å². The minimum atomic E-state index is -3.17. The molecule has 0 amide bonds. The maximum Gasteiger partial charge on any atom is 0.230 e. The molecule has 0 saturated carbocycles. The van der Waals surface area contributed by atoms with E-state index in [0.717, 1.165) is 36.7 Å². The van der Waals surface area contributed by atoms with Crippen molar-refractivity contribution in [3.63, 3.8) is 0 Å². The summed E-state index contributed by atoms with van der Waals surface area (Å²) < 4.78 is 24.1. The summed E-state index contributed by atoms with van der Waals surface area (Å²) in [7, 11) is -2.06. The third kappa shape index (κ3) is 2.99. The first-order valence-electron chi connectivity index (χ1n) is 5.37. The van der Waals surface area contributed by atoms with Crippen molar-refractivity contribution in [3.05, 3.63) is 30.3 Å². The maximum atomic E-state index is 12.0. The highest BCUT2D eigenvalue weighted by atomic mass is 33.1. The van der Waals surface area contributed by atoms with Gasteiger partial charge in [-0.15, -0.1) is 0 Å². The van der Waals surface area contributed by atoms with E-state index in [2.05, 4.69) is 5.32 Å². The lowest BCUT2D eigenvalue weighted by Crippen LogP contribution is -2.29. The van der Waals surface area contributed by atoms with Gasteiger partial charge in [-0.3, -0.25) is 0 Å². The molecular formula is C11H15NO2S2. The van der Waals surface area contributed by atoms with Gasteiger partial charge >= 0.3 is 0 Å². The summed E-state index contributed by atoms with van der Waals surface area (Å²) in [6.45, 7) is 1.84. The number of piperidine rings is 1. The van der Waals surface area contributed by atoms with Gasteiger partial charge in [-0.1, -0.05) is 18.2 Å². The van der Waals surface area contributed by atoms with Gasteiger partial charge in [-0.25, -0.2) is 8.42 Å². The van der Waals surface area contributed by atoms with Gasteiger partial charge < -0.3 is 5.32 Å². The summed E-state index contributed by atoms with van der Waals surface area (Å²) in [5.74, 6) is 0. The van der Waals surface area contributed by atoms with Gasteiger partial charge in [-0.2, -0.15) is 0 Å². The molecule has 1 saturated heterocycles. The van der Waals surface area contributed by atoms with Crippen molar-refractivity contribution in [2.45, 2.75) is 23.0 Å². The molecule has 5 heteroatoms. The van der Waals surface area contributed by atoms with Crippen LogP contribution < -0.4 is 5.32 Å². The molecule has 0 bridgehead atoms. The van der Waals surface area contributed by atoms with Crippen molar-refractivity contribution in [1.29, 1.82) is 0 Å². The van der Waals surface area contributed by atoms with Crippen molar-refractivity contribution in [2.24, 2.45) is 0 Å². The fraction of sp³-hybridized carbons (Fsp3) is 0.455. The predicted octanol–water partition coefficient (Wildman–Crippen LogP) is 1.86. The van der Waals surface area contributed by atoms with Gasteiger partial charge in [0.2, 0.25) is 8.87 Å². The molecule has 0 spiro atoms. The third-order valence-electron chi connectivity index (χ3n) is 2.58. The van der Waals surface area contributed by atoms with Gasteiger partial charge in [0.05, 0.1) is 4.90 Å². The van der Waals surface area contributed by atoms with E-state index in [9.17, 15) is 8.42 Å². The fourth-order valence-corrected chi connectivity index (χ4v) is 5.42. The molecule has 1 aliphatic heterocycles. The Morgan fingerprint density at radius 3 is 2.38 bits per heavy atom. The average molecular weight is 257 g/mol. The van der Waals surface area contributed by atoms with Crippen LogP contribution in [0.1, 0.15) is 12.8 Å². The minimum Gasteiger partial charge on any atom is -0.317 e. The van der Waals surface area contributed by atoms with E-state index in [1.165, 1.54) is 0 Å². The summed E-state index contributed by atoms with van der Waals surface area (Å²) >= 11 is 0. The van der Waals surface area contributed by atoms with Gasteiger partial charge in [0.25, 0.3) is 0 Å². The largest absolute Gasteiger partial charge is 0.317 e. The lowest BCUT2D eigenvalue weighted by molar-refractivity contribution is 0.532. The van der Waals surface area contributed by atoms with Crippen LogP contribution in [0.3, 0.4) is 0 Å². The van der Waals surface area contributed by atoms with Crippen LogP contribution in [0, 0.1) is 0 Å². The molecule has 0 aliphatic carbocycles.